The molecule has 2 heterocycles. The Morgan fingerprint density at radius 1 is 1.09 bits per heavy atom. The monoisotopic (exact) mass is 449 g/mol. The Labute approximate surface area is 187 Å². The van der Waals surface area contributed by atoms with Crippen molar-refractivity contribution in [3.05, 3.63) is 72.7 Å². The van der Waals surface area contributed by atoms with Gasteiger partial charge < -0.3 is 4.74 Å². The highest BCUT2D eigenvalue weighted by Crippen LogP contribution is 2.21. The lowest BCUT2D eigenvalue weighted by molar-refractivity contribution is -0.119. The molecule has 0 aliphatic rings. The van der Waals surface area contributed by atoms with E-state index in [0.717, 1.165) is 17.0 Å². The van der Waals surface area contributed by atoms with Crippen LogP contribution in [-0.2, 0) is 4.79 Å². The molecule has 162 valence electrons. The van der Waals surface area contributed by atoms with E-state index in [0.29, 0.717) is 10.9 Å². The number of carbonyl (C=O) groups excluding carboxylic acids is 2. The van der Waals surface area contributed by atoms with Gasteiger partial charge in [0.2, 0.25) is 5.91 Å². The largest absolute Gasteiger partial charge is 0.497 e. The SMILES string of the molecule is COc1ccc(-n2cnnc2SCC(=O)NNC(=O)c2cc(-c3ccccc3)n[nH]2)cc1. The van der Waals surface area contributed by atoms with Gasteiger partial charge in [-0.1, -0.05) is 42.1 Å². The summed E-state index contributed by atoms with van der Waals surface area (Å²) < 4.78 is 6.91. The summed E-state index contributed by atoms with van der Waals surface area (Å²) in [6, 6.07) is 18.4. The van der Waals surface area contributed by atoms with E-state index in [-0.39, 0.29) is 11.4 Å². The molecule has 0 aliphatic carbocycles. The number of H-pyrrole nitrogens is 1. The number of aromatic amines is 1. The number of carbonyl (C=O) groups is 2. The second-order valence-electron chi connectivity index (χ2n) is 6.51. The first-order valence-electron chi connectivity index (χ1n) is 9.51. The summed E-state index contributed by atoms with van der Waals surface area (Å²) in [6.07, 6.45) is 1.56. The molecule has 0 fully saturated rings. The van der Waals surface area contributed by atoms with Crippen LogP contribution in [0.5, 0.6) is 5.75 Å². The zero-order chi connectivity index (χ0) is 22.3. The van der Waals surface area contributed by atoms with Gasteiger partial charge in [0, 0.05) is 11.3 Å². The minimum Gasteiger partial charge on any atom is -0.497 e. The molecule has 0 saturated heterocycles. The summed E-state index contributed by atoms with van der Waals surface area (Å²) >= 11 is 1.19. The minimum absolute atomic E-state index is 0.0351. The third kappa shape index (κ3) is 4.95. The number of hydrogen-bond donors (Lipinski definition) is 3. The molecule has 2 aromatic heterocycles. The van der Waals surface area contributed by atoms with Crippen molar-refractivity contribution in [2.45, 2.75) is 5.16 Å². The van der Waals surface area contributed by atoms with Crippen molar-refractivity contribution in [2.75, 3.05) is 12.9 Å². The summed E-state index contributed by atoms with van der Waals surface area (Å²) in [7, 11) is 1.60. The maximum atomic E-state index is 12.3. The molecule has 0 aliphatic heterocycles. The number of methoxy groups -OCH3 is 1. The Morgan fingerprint density at radius 3 is 2.62 bits per heavy atom. The van der Waals surface area contributed by atoms with E-state index >= 15 is 0 Å². The average Bonchev–Trinajstić information content (AvgIpc) is 3.52. The number of hydrazine groups is 1. The Kier molecular flexibility index (Phi) is 6.46. The second kappa shape index (κ2) is 9.79. The van der Waals surface area contributed by atoms with E-state index in [4.69, 9.17) is 4.74 Å². The highest BCUT2D eigenvalue weighted by atomic mass is 32.2. The molecule has 0 saturated carbocycles. The number of nitrogens with zero attached hydrogens (tertiary/aromatic N) is 4. The van der Waals surface area contributed by atoms with Gasteiger partial charge in [-0.25, -0.2) is 0 Å². The first kappa shape index (κ1) is 21.1. The molecule has 11 heteroatoms. The van der Waals surface area contributed by atoms with Gasteiger partial charge in [-0.3, -0.25) is 30.1 Å². The summed E-state index contributed by atoms with van der Waals surface area (Å²) in [5.74, 6) is -0.123. The standard InChI is InChI=1S/C21H19N7O3S/c1-31-16-9-7-15(8-10-16)28-13-22-27-21(28)32-12-19(29)25-26-20(30)18-11-17(23-24-18)14-5-3-2-4-6-14/h2-11,13H,12H2,1H3,(H,23,24)(H,25,29)(H,26,30). The van der Waals surface area contributed by atoms with Crippen LogP contribution in [0.2, 0.25) is 0 Å². The Hall–Kier alpha value is -4.12. The Balaban J connectivity index is 1.29. The van der Waals surface area contributed by atoms with Crippen LogP contribution in [0, 0.1) is 0 Å². The van der Waals surface area contributed by atoms with Crippen molar-refractivity contribution in [1.82, 2.24) is 35.8 Å². The first-order valence-corrected chi connectivity index (χ1v) is 10.5. The molecule has 2 aromatic carbocycles. The molecule has 0 atom stereocenters. The van der Waals surface area contributed by atoms with Gasteiger partial charge in [-0.15, -0.1) is 10.2 Å². The highest BCUT2D eigenvalue weighted by molar-refractivity contribution is 7.99. The third-order valence-electron chi connectivity index (χ3n) is 4.41. The van der Waals surface area contributed by atoms with Crippen molar-refractivity contribution < 1.29 is 14.3 Å². The molecule has 0 bridgehead atoms. The van der Waals surface area contributed by atoms with Crippen LogP contribution in [-0.4, -0.2) is 49.6 Å². The molecule has 0 unspecified atom stereocenters. The van der Waals surface area contributed by atoms with Crippen LogP contribution in [0.3, 0.4) is 0 Å². The van der Waals surface area contributed by atoms with Gasteiger partial charge in [0.15, 0.2) is 5.16 Å². The van der Waals surface area contributed by atoms with E-state index in [1.807, 2.05) is 54.6 Å². The number of thioether (sulfide) groups is 1. The summed E-state index contributed by atoms with van der Waals surface area (Å²) in [6.45, 7) is 0. The van der Waals surface area contributed by atoms with Crippen molar-refractivity contribution in [1.29, 1.82) is 0 Å². The van der Waals surface area contributed by atoms with Crippen LogP contribution < -0.4 is 15.6 Å². The Bertz CT molecular complexity index is 1210. The summed E-state index contributed by atoms with van der Waals surface area (Å²) in [5, 5.41) is 15.3. The van der Waals surface area contributed by atoms with E-state index in [1.54, 1.807) is 24.1 Å². The lowest BCUT2D eigenvalue weighted by atomic mass is 10.1. The maximum Gasteiger partial charge on any atom is 0.287 e. The van der Waals surface area contributed by atoms with Crippen LogP contribution in [0.1, 0.15) is 10.5 Å². The van der Waals surface area contributed by atoms with E-state index in [9.17, 15) is 9.59 Å². The molecule has 2 amide bonds. The van der Waals surface area contributed by atoms with Gasteiger partial charge in [-0.2, -0.15) is 5.10 Å². The predicted octanol–water partition coefficient (Wildman–Crippen LogP) is 2.22. The van der Waals surface area contributed by atoms with Crippen LogP contribution in [0.25, 0.3) is 16.9 Å². The average molecular weight is 449 g/mol. The molecular formula is C21H19N7O3S. The van der Waals surface area contributed by atoms with Crippen LogP contribution in [0.4, 0.5) is 0 Å². The van der Waals surface area contributed by atoms with Crippen LogP contribution >= 0.6 is 11.8 Å². The number of hydrogen-bond acceptors (Lipinski definition) is 7. The van der Waals surface area contributed by atoms with Gasteiger partial charge >= 0.3 is 0 Å². The number of ether oxygens (including phenoxy) is 1. The fourth-order valence-electron chi connectivity index (χ4n) is 2.80. The second-order valence-corrected chi connectivity index (χ2v) is 7.45. The van der Waals surface area contributed by atoms with Gasteiger partial charge in [0.05, 0.1) is 18.6 Å². The normalized spacial score (nSPS) is 10.5. The fourth-order valence-corrected chi connectivity index (χ4v) is 3.53. The maximum absolute atomic E-state index is 12.3. The van der Waals surface area contributed by atoms with Gasteiger partial charge in [0.25, 0.3) is 5.91 Å². The topological polar surface area (TPSA) is 127 Å². The van der Waals surface area contributed by atoms with Crippen molar-refractivity contribution >= 4 is 23.6 Å². The van der Waals surface area contributed by atoms with E-state index in [2.05, 4.69) is 31.2 Å². The molecule has 32 heavy (non-hydrogen) atoms. The molecular weight excluding hydrogens is 430 g/mol. The zero-order valence-corrected chi connectivity index (χ0v) is 17.8. The van der Waals surface area contributed by atoms with E-state index in [1.165, 1.54) is 11.8 Å². The van der Waals surface area contributed by atoms with E-state index < -0.39 is 11.8 Å². The van der Waals surface area contributed by atoms with Crippen molar-refractivity contribution in [2.24, 2.45) is 0 Å². The molecule has 10 nitrogen and oxygen atoms in total. The number of benzene rings is 2. The quantitative estimate of drug-likeness (QED) is 0.292. The summed E-state index contributed by atoms with van der Waals surface area (Å²) in [4.78, 5) is 24.5. The van der Waals surface area contributed by atoms with Gasteiger partial charge in [-0.05, 0) is 30.3 Å². The molecule has 0 radical (unpaired) electrons. The number of amides is 2. The fraction of sp³-hybridized carbons (Fsp3) is 0.0952. The lowest BCUT2D eigenvalue weighted by Gasteiger charge is -2.08. The first-order chi connectivity index (χ1) is 15.6. The molecule has 3 N–H and O–H groups in total. The molecule has 0 spiro atoms. The lowest BCUT2D eigenvalue weighted by Crippen LogP contribution is -2.42. The third-order valence-corrected chi connectivity index (χ3v) is 5.35. The van der Waals surface area contributed by atoms with Crippen molar-refractivity contribution in [3.63, 3.8) is 0 Å². The number of aromatic nitrogens is 5. The van der Waals surface area contributed by atoms with Gasteiger partial charge in [0.1, 0.15) is 17.8 Å². The number of nitrogens with one attached hydrogen (secondary N) is 3. The highest BCUT2D eigenvalue weighted by Gasteiger charge is 2.14. The Morgan fingerprint density at radius 2 is 1.88 bits per heavy atom. The molecule has 4 rings (SSSR count). The van der Waals surface area contributed by atoms with Crippen LogP contribution in [0.15, 0.2) is 72.1 Å². The minimum atomic E-state index is -0.501. The van der Waals surface area contributed by atoms with Crippen molar-refractivity contribution in [3.8, 4) is 22.7 Å². The predicted molar refractivity (Wildman–Crippen MR) is 118 cm³/mol. The smallest absolute Gasteiger partial charge is 0.287 e. The summed E-state index contributed by atoms with van der Waals surface area (Å²) in [5.41, 5.74) is 7.34. The molecule has 4 aromatic rings. The number of rotatable bonds is 7. The zero-order valence-electron chi connectivity index (χ0n) is 17.0.